The first kappa shape index (κ1) is 43.8. The third-order valence-electron chi connectivity index (χ3n) is 10.3. The molecule has 8 N–H and O–H groups in total. The molecule has 0 bridgehead atoms. The maximum absolute atomic E-state index is 12.9. The Bertz CT molecular complexity index is 2120. The van der Waals surface area contributed by atoms with Gasteiger partial charge in [0, 0.05) is 53.8 Å². The minimum atomic E-state index is -0.973. The number of aromatic amines is 1. The zero-order chi connectivity index (χ0) is 38.2. The second-order valence-electron chi connectivity index (χ2n) is 14.4. The summed E-state index contributed by atoms with van der Waals surface area (Å²) in [6.07, 6.45) is 3.44. The molecule has 2 amide bonds. The number of pyridine rings is 1. The molecule has 6 rings (SSSR count). The van der Waals surface area contributed by atoms with Gasteiger partial charge in [-0.05, 0) is 104 Å². The molecule has 4 aromatic carbocycles. The number of H-pyrrole nitrogens is 1. The number of hydrogen-bond acceptors (Lipinski definition) is 7. The maximum atomic E-state index is 12.9. The number of rotatable bonds is 14. The van der Waals surface area contributed by atoms with E-state index >= 15 is 0 Å². The number of phenolic OH excluding ortho intramolecular Hbond substituents is 1. The largest absolute Gasteiger partial charge is 0.506 e. The van der Waals surface area contributed by atoms with Crippen molar-refractivity contribution in [2.45, 2.75) is 82.5 Å². The van der Waals surface area contributed by atoms with E-state index in [-0.39, 0.29) is 66.7 Å². The Labute approximate surface area is 339 Å². The van der Waals surface area contributed by atoms with E-state index in [1.165, 1.54) is 17.0 Å². The average molecular weight is 805 g/mol. The zero-order valence-corrected chi connectivity index (χ0v) is 33.0. The molecule has 1 aliphatic carbocycles. The van der Waals surface area contributed by atoms with Gasteiger partial charge in [0.05, 0.1) is 17.3 Å². The second-order valence-corrected chi connectivity index (χ2v) is 14.4. The van der Waals surface area contributed by atoms with Crippen LogP contribution in [0.4, 0.5) is 16.2 Å². The number of anilines is 2. The Morgan fingerprint density at radius 1 is 0.911 bits per heavy atom. The summed E-state index contributed by atoms with van der Waals surface area (Å²) in [4.78, 5) is 41.5. The van der Waals surface area contributed by atoms with Crippen molar-refractivity contribution in [1.82, 2.24) is 10.3 Å². The molecule has 56 heavy (non-hydrogen) atoms. The topological polar surface area (TPSA) is 181 Å². The molecule has 1 aliphatic rings. The molecule has 298 valence electrons. The molecule has 1 heterocycles. The summed E-state index contributed by atoms with van der Waals surface area (Å²) in [6.45, 7) is 2.30. The van der Waals surface area contributed by atoms with E-state index in [4.69, 9.17) is 5.73 Å². The van der Waals surface area contributed by atoms with Crippen molar-refractivity contribution in [2.75, 3.05) is 16.8 Å². The Morgan fingerprint density at radius 3 is 2.30 bits per heavy atom. The minimum Gasteiger partial charge on any atom is -0.506 e. The summed E-state index contributed by atoms with van der Waals surface area (Å²) in [5, 5.41) is 38.4. The van der Waals surface area contributed by atoms with E-state index in [9.17, 15) is 29.7 Å². The summed E-state index contributed by atoms with van der Waals surface area (Å²) < 4.78 is 0. The monoisotopic (exact) mass is 803 g/mol. The molecule has 2 atom stereocenters. The van der Waals surface area contributed by atoms with Crippen molar-refractivity contribution in [3.63, 3.8) is 0 Å². The Kier molecular flexibility index (Phi) is 15.9. The lowest BCUT2D eigenvalue weighted by molar-refractivity contribution is -0.116. The number of fused-ring (bicyclic) bond motifs is 1. The number of aliphatic hydroxyl groups excluding tert-OH is 1. The van der Waals surface area contributed by atoms with Crippen LogP contribution in [0.25, 0.3) is 22.0 Å². The number of nitrogens with one attached hydrogen (secondary N) is 3. The van der Waals surface area contributed by atoms with Gasteiger partial charge in [-0.15, -0.1) is 24.8 Å². The Hall–Kier alpha value is -4.91. The number of aryl methyl sites for hydroxylation is 1. The number of amides is 2. The highest BCUT2D eigenvalue weighted by molar-refractivity contribution is 5.94. The highest BCUT2D eigenvalue weighted by Crippen LogP contribution is 2.36. The zero-order valence-electron chi connectivity index (χ0n) is 31.3. The van der Waals surface area contributed by atoms with E-state index in [0.717, 1.165) is 47.9 Å². The molecule has 0 radical (unpaired) electrons. The van der Waals surface area contributed by atoms with Gasteiger partial charge in [-0.3, -0.25) is 14.5 Å². The van der Waals surface area contributed by atoms with Crippen LogP contribution in [0.3, 0.4) is 0 Å². The average Bonchev–Trinajstić information content (AvgIpc) is 3.16. The molecule has 13 heteroatoms. The number of halogens is 2. The normalized spacial score (nSPS) is 16.2. The summed E-state index contributed by atoms with van der Waals surface area (Å²) in [5.74, 6) is -0.144. The SMILES string of the molecule is CC(Cc1ccc(NC(=O)CCCc2ccc(-c3ccccc3)c(N(C(=O)O)C3CCC(N)CC3)c2)cc1)NC[C@H](O)c1ccc(O)c2[nH]c(=O)ccc12.Cl.Cl. The summed E-state index contributed by atoms with van der Waals surface area (Å²) >= 11 is 0. The number of hydrogen-bond donors (Lipinski definition) is 7. The number of benzene rings is 4. The number of carboxylic acid groups (broad SMARTS) is 1. The highest BCUT2D eigenvalue weighted by Gasteiger charge is 2.30. The van der Waals surface area contributed by atoms with Gasteiger partial charge < -0.3 is 36.7 Å². The highest BCUT2D eigenvalue weighted by atomic mass is 35.5. The maximum Gasteiger partial charge on any atom is 0.412 e. The summed E-state index contributed by atoms with van der Waals surface area (Å²) in [6, 6.07) is 29.6. The number of nitrogens with two attached hydrogens (primary N) is 1. The molecule has 0 spiro atoms. The van der Waals surface area contributed by atoms with Crippen molar-refractivity contribution in [3.8, 4) is 16.9 Å². The van der Waals surface area contributed by atoms with Crippen LogP contribution in [0, 0.1) is 0 Å². The molecule has 1 fully saturated rings. The number of phenols is 1. The van der Waals surface area contributed by atoms with Crippen LogP contribution < -0.4 is 26.8 Å². The van der Waals surface area contributed by atoms with Gasteiger partial charge in [0.25, 0.3) is 0 Å². The minimum absolute atomic E-state index is 0. The predicted octanol–water partition coefficient (Wildman–Crippen LogP) is 7.71. The van der Waals surface area contributed by atoms with E-state index in [1.807, 2.05) is 79.7 Å². The van der Waals surface area contributed by atoms with Crippen molar-refractivity contribution < 1.29 is 24.9 Å². The number of nitrogens with zero attached hydrogens (tertiary/aromatic N) is 1. The molecule has 1 saturated carbocycles. The summed E-state index contributed by atoms with van der Waals surface area (Å²) in [7, 11) is 0. The van der Waals surface area contributed by atoms with Crippen molar-refractivity contribution >= 4 is 59.1 Å². The van der Waals surface area contributed by atoms with Gasteiger partial charge in [-0.1, -0.05) is 60.7 Å². The van der Waals surface area contributed by atoms with Crippen LogP contribution in [0.2, 0.25) is 0 Å². The number of carbonyl (C=O) groups excluding carboxylic acids is 1. The molecule has 11 nitrogen and oxygen atoms in total. The molecular formula is C43H51Cl2N5O6. The smallest absolute Gasteiger partial charge is 0.412 e. The van der Waals surface area contributed by atoms with Crippen LogP contribution in [0.5, 0.6) is 5.75 Å². The Balaban J connectivity index is 0.00000348. The van der Waals surface area contributed by atoms with Gasteiger partial charge in [0.1, 0.15) is 5.75 Å². The van der Waals surface area contributed by atoms with E-state index in [2.05, 4.69) is 15.6 Å². The lowest BCUT2D eigenvalue weighted by Crippen LogP contribution is -2.44. The molecule has 1 unspecified atom stereocenters. The second kappa shape index (κ2) is 20.3. The fraction of sp³-hybridized carbons (Fsp3) is 0.326. The molecule has 5 aromatic rings. The lowest BCUT2D eigenvalue weighted by atomic mass is 9.89. The van der Waals surface area contributed by atoms with Gasteiger partial charge >= 0.3 is 6.09 Å². The van der Waals surface area contributed by atoms with Crippen molar-refractivity contribution in [3.05, 3.63) is 124 Å². The number of carbonyl (C=O) groups is 2. The number of aromatic hydroxyl groups is 1. The van der Waals surface area contributed by atoms with Crippen molar-refractivity contribution in [2.24, 2.45) is 5.73 Å². The standard InChI is InChI=1S/C43H49N5O6.2ClH/c1-27(45-26-39(50)35-20-22-38(49)42-36(35)21-23-41(52)47-42)24-29-10-15-32(16-11-29)46-40(51)9-5-6-28-12-19-34(30-7-3-2-4-8-30)37(25-28)48(43(53)54)33-17-13-31(44)14-18-33;;/h2-4,7-8,10-12,15-16,19-23,25,27,31,33,39,45,49-50H,5-6,9,13-14,17-18,24,26,44H2,1H3,(H,46,51)(H,47,52)(H,53,54);2*1H/t27?,31?,33?,39-;;/m0../s1. The van der Waals surface area contributed by atoms with E-state index < -0.39 is 12.2 Å². The first-order valence-electron chi connectivity index (χ1n) is 18.7. The Morgan fingerprint density at radius 2 is 1.61 bits per heavy atom. The first-order valence-corrected chi connectivity index (χ1v) is 18.7. The third kappa shape index (κ3) is 11.1. The molecular weight excluding hydrogens is 753 g/mol. The quantitative estimate of drug-likeness (QED) is 0.0596. The van der Waals surface area contributed by atoms with Crippen LogP contribution in [-0.2, 0) is 17.6 Å². The van der Waals surface area contributed by atoms with Gasteiger partial charge in [-0.2, -0.15) is 0 Å². The van der Waals surface area contributed by atoms with E-state index in [0.29, 0.717) is 53.5 Å². The van der Waals surface area contributed by atoms with Crippen LogP contribution in [0.15, 0.2) is 102 Å². The number of aliphatic hydroxyl groups is 1. The van der Waals surface area contributed by atoms with Crippen molar-refractivity contribution in [1.29, 1.82) is 0 Å². The van der Waals surface area contributed by atoms with Crippen LogP contribution >= 0.6 is 24.8 Å². The van der Waals surface area contributed by atoms with Gasteiger partial charge in [0.15, 0.2) is 0 Å². The fourth-order valence-corrected chi connectivity index (χ4v) is 7.41. The molecule has 1 aromatic heterocycles. The summed E-state index contributed by atoms with van der Waals surface area (Å²) in [5.41, 5.74) is 11.9. The van der Waals surface area contributed by atoms with E-state index in [1.54, 1.807) is 12.1 Å². The molecule has 0 aliphatic heterocycles. The fourth-order valence-electron chi connectivity index (χ4n) is 7.41. The number of aromatic nitrogens is 1. The van der Waals surface area contributed by atoms with Gasteiger partial charge in [0.2, 0.25) is 11.5 Å². The van der Waals surface area contributed by atoms with Crippen LogP contribution in [-0.4, -0.2) is 57.0 Å². The van der Waals surface area contributed by atoms with Crippen LogP contribution in [0.1, 0.15) is 68.2 Å². The van der Waals surface area contributed by atoms with Gasteiger partial charge in [-0.25, -0.2) is 4.79 Å². The third-order valence-corrected chi connectivity index (χ3v) is 10.3. The lowest BCUT2D eigenvalue weighted by Gasteiger charge is -2.35. The first-order chi connectivity index (χ1) is 26.0. The predicted molar refractivity (Wildman–Crippen MR) is 227 cm³/mol. The molecule has 0 saturated heterocycles.